The number of hydrogen-bond acceptors (Lipinski definition) is 5. The van der Waals surface area contributed by atoms with Gasteiger partial charge < -0.3 is 14.9 Å². The molecule has 0 saturated heterocycles. The molecule has 1 aromatic carbocycles. The molecule has 0 bridgehead atoms. The molecule has 0 radical (unpaired) electrons. The molecular formula is C19H26N4O3. The van der Waals surface area contributed by atoms with Crippen LogP contribution in [0, 0.1) is 26.2 Å². The van der Waals surface area contributed by atoms with E-state index in [1.165, 1.54) is 28.0 Å². The van der Waals surface area contributed by atoms with Gasteiger partial charge in [-0.2, -0.15) is 0 Å². The van der Waals surface area contributed by atoms with Crippen molar-refractivity contribution in [1.82, 2.24) is 9.13 Å². The molecule has 1 heterocycles. The second kappa shape index (κ2) is 8.62. The zero-order valence-electron chi connectivity index (χ0n) is 16.0. The molecule has 1 N–H and O–H groups in total. The topological polar surface area (TPSA) is 81.6 Å². The first-order chi connectivity index (χ1) is 12.4. The predicted molar refractivity (Wildman–Crippen MR) is 102 cm³/mol. The molecule has 0 aliphatic rings. The van der Waals surface area contributed by atoms with Crippen molar-refractivity contribution >= 4 is 11.9 Å². The van der Waals surface area contributed by atoms with Gasteiger partial charge in [0.2, 0.25) is 5.88 Å². The fourth-order valence-electron chi connectivity index (χ4n) is 2.98. The SMILES string of the molecule is COCCn1c(OC)cc(=Nc2c(C)cc(C)cc2C)n(CC=N)c1=O. The molecule has 0 atom stereocenters. The van der Waals surface area contributed by atoms with Crippen LogP contribution in [0.1, 0.15) is 16.7 Å². The Hall–Kier alpha value is -2.67. The highest BCUT2D eigenvalue weighted by atomic mass is 16.5. The summed E-state index contributed by atoms with van der Waals surface area (Å²) in [4.78, 5) is 17.6. The number of hydrogen-bond donors (Lipinski definition) is 1. The van der Waals surface area contributed by atoms with E-state index in [9.17, 15) is 4.79 Å². The molecule has 2 aromatic rings. The van der Waals surface area contributed by atoms with Crippen molar-refractivity contribution in [2.24, 2.45) is 4.99 Å². The molecule has 26 heavy (non-hydrogen) atoms. The van der Waals surface area contributed by atoms with Crippen molar-refractivity contribution < 1.29 is 9.47 Å². The number of benzene rings is 1. The molecule has 0 unspecified atom stereocenters. The van der Waals surface area contributed by atoms with Gasteiger partial charge in [-0.15, -0.1) is 0 Å². The van der Waals surface area contributed by atoms with Gasteiger partial charge >= 0.3 is 5.69 Å². The summed E-state index contributed by atoms with van der Waals surface area (Å²) in [7, 11) is 3.10. The lowest BCUT2D eigenvalue weighted by molar-refractivity contribution is 0.180. The molecule has 7 heteroatoms. The number of rotatable bonds is 7. The summed E-state index contributed by atoms with van der Waals surface area (Å²) in [5, 5.41) is 7.44. The molecule has 140 valence electrons. The Morgan fingerprint density at radius 1 is 1.12 bits per heavy atom. The first-order valence-electron chi connectivity index (χ1n) is 8.42. The van der Waals surface area contributed by atoms with Crippen LogP contribution in [0.2, 0.25) is 0 Å². The average molecular weight is 358 g/mol. The van der Waals surface area contributed by atoms with Crippen LogP contribution in [0.5, 0.6) is 5.88 Å². The molecule has 7 nitrogen and oxygen atoms in total. The number of aryl methyl sites for hydroxylation is 3. The van der Waals surface area contributed by atoms with Crippen LogP contribution in [-0.2, 0) is 17.8 Å². The average Bonchev–Trinajstić information content (AvgIpc) is 2.59. The van der Waals surface area contributed by atoms with E-state index < -0.39 is 0 Å². The van der Waals surface area contributed by atoms with Gasteiger partial charge in [0.1, 0.15) is 5.49 Å². The maximum Gasteiger partial charge on any atom is 0.332 e. The first kappa shape index (κ1) is 19.7. The Balaban J connectivity index is 2.78. The maximum absolute atomic E-state index is 12.9. The number of nitrogens with one attached hydrogen (secondary N) is 1. The van der Waals surface area contributed by atoms with Gasteiger partial charge in [0.25, 0.3) is 0 Å². The van der Waals surface area contributed by atoms with E-state index in [4.69, 9.17) is 19.9 Å². The summed E-state index contributed by atoms with van der Waals surface area (Å²) in [6.07, 6.45) is 1.18. The Bertz CT molecular complexity index is 902. The van der Waals surface area contributed by atoms with Crippen molar-refractivity contribution in [3.8, 4) is 5.88 Å². The van der Waals surface area contributed by atoms with Crippen LogP contribution in [0.3, 0.4) is 0 Å². The predicted octanol–water partition coefficient (Wildman–Crippen LogP) is 2.11. The normalized spacial score (nSPS) is 11.7. The highest BCUT2D eigenvalue weighted by molar-refractivity contribution is 5.54. The van der Waals surface area contributed by atoms with E-state index >= 15 is 0 Å². The van der Waals surface area contributed by atoms with E-state index in [0.717, 1.165) is 16.8 Å². The van der Waals surface area contributed by atoms with Crippen LogP contribution in [0.15, 0.2) is 28.0 Å². The summed E-state index contributed by atoms with van der Waals surface area (Å²) >= 11 is 0. The zero-order valence-corrected chi connectivity index (χ0v) is 16.0. The fourth-order valence-corrected chi connectivity index (χ4v) is 2.98. The molecule has 0 aliphatic carbocycles. The van der Waals surface area contributed by atoms with Gasteiger partial charge in [0.05, 0.1) is 32.5 Å². The minimum atomic E-state index is -0.286. The first-order valence-corrected chi connectivity index (χ1v) is 8.42. The quantitative estimate of drug-likeness (QED) is 0.770. The Morgan fingerprint density at radius 3 is 2.31 bits per heavy atom. The standard InChI is InChI=1S/C19H26N4O3/c1-13-10-14(2)18(15(3)11-13)21-16-12-17(26-5)23(8-9-25-4)19(24)22(16)7-6-20/h6,10-12,20H,7-9H2,1-5H3. The zero-order chi connectivity index (χ0) is 19.3. The second-order valence-electron chi connectivity index (χ2n) is 6.15. The highest BCUT2D eigenvalue weighted by Crippen LogP contribution is 2.24. The van der Waals surface area contributed by atoms with E-state index in [0.29, 0.717) is 24.5 Å². The van der Waals surface area contributed by atoms with Gasteiger partial charge in [-0.05, 0) is 31.9 Å². The van der Waals surface area contributed by atoms with Crippen molar-refractivity contribution in [1.29, 1.82) is 5.41 Å². The summed E-state index contributed by atoms with van der Waals surface area (Å²) in [6.45, 7) is 6.91. The Kier molecular flexibility index (Phi) is 6.52. The second-order valence-corrected chi connectivity index (χ2v) is 6.15. The molecule has 1 aromatic heterocycles. The number of ether oxygens (including phenoxy) is 2. The molecule has 0 amide bonds. The molecular weight excluding hydrogens is 332 g/mol. The smallest absolute Gasteiger partial charge is 0.332 e. The molecule has 0 spiro atoms. The molecule has 0 saturated carbocycles. The number of aromatic nitrogens is 2. The Labute approximate surface area is 153 Å². The van der Waals surface area contributed by atoms with Crippen LogP contribution in [0.4, 0.5) is 5.69 Å². The van der Waals surface area contributed by atoms with Gasteiger partial charge in [0, 0.05) is 19.4 Å². The molecule has 0 fully saturated rings. The van der Waals surface area contributed by atoms with E-state index in [2.05, 4.69) is 12.1 Å². The molecule has 2 rings (SSSR count). The van der Waals surface area contributed by atoms with Crippen molar-refractivity contribution in [2.45, 2.75) is 33.9 Å². The maximum atomic E-state index is 12.9. The summed E-state index contributed by atoms with van der Waals surface area (Å²) < 4.78 is 13.4. The van der Waals surface area contributed by atoms with Crippen molar-refractivity contribution in [2.75, 3.05) is 20.8 Å². The number of methoxy groups -OCH3 is 2. The summed E-state index contributed by atoms with van der Waals surface area (Å²) in [6, 6.07) is 5.84. The lowest BCUT2D eigenvalue weighted by Crippen LogP contribution is -2.41. The van der Waals surface area contributed by atoms with Gasteiger partial charge in [-0.3, -0.25) is 9.13 Å². The minimum absolute atomic E-state index is 0.137. The highest BCUT2D eigenvalue weighted by Gasteiger charge is 2.11. The monoisotopic (exact) mass is 358 g/mol. The van der Waals surface area contributed by atoms with Gasteiger partial charge in [0.15, 0.2) is 0 Å². The van der Waals surface area contributed by atoms with Crippen LogP contribution >= 0.6 is 0 Å². The van der Waals surface area contributed by atoms with Crippen LogP contribution in [0.25, 0.3) is 0 Å². The third-order valence-electron chi connectivity index (χ3n) is 4.12. The Morgan fingerprint density at radius 2 is 1.77 bits per heavy atom. The molecule has 0 aliphatic heterocycles. The lowest BCUT2D eigenvalue weighted by Gasteiger charge is -2.15. The van der Waals surface area contributed by atoms with Gasteiger partial charge in [-0.25, -0.2) is 9.79 Å². The summed E-state index contributed by atoms with van der Waals surface area (Å²) in [5.41, 5.74) is 4.23. The third kappa shape index (κ3) is 4.11. The van der Waals surface area contributed by atoms with Crippen molar-refractivity contribution in [3.05, 3.63) is 50.9 Å². The van der Waals surface area contributed by atoms with Crippen LogP contribution < -0.4 is 15.9 Å². The van der Waals surface area contributed by atoms with E-state index in [1.54, 1.807) is 13.2 Å². The minimum Gasteiger partial charge on any atom is -0.482 e. The third-order valence-corrected chi connectivity index (χ3v) is 4.12. The van der Waals surface area contributed by atoms with Crippen LogP contribution in [-0.4, -0.2) is 36.2 Å². The fraction of sp³-hybridized carbons (Fsp3) is 0.421. The van der Waals surface area contributed by atoms with E-state index in [1.807, 2.05) is 20.8 Å². The van der Waals surface area contributed by atoms with E-state index in [-0.39, 0.29) is 12.2 Å². The summed E-state index contributed by atoms with van der Waals surface area (Å²) in [5.74, 6) is 0.412. The van der Waals surface area contributed by atoms with Crippen molar-refractivity contribution in [3.63, 3.8) is 0 Å². The lowest BCUT2D eigenvalue weighted by atomic mass is 10.1. The van der Waals surface area contributed by atoms with Gasteiger partial charge in [-0.1, -0.05) is 17.7 Å². The number of nitrogens with zero attached hydrogens (tertiary/aromatic N) is 3. The largest absolute Gasteiger partial charge is 0.482 e.